The molecule has 0 bridgehead atoms. The third kappa shape index (κ3) is 3.89. The lowest BCUT2D eigenvalue weighted by Gasteiger charge is -2.19. The number of halogens is 7. The van der Waals surface area contributed by atoms with Crippen molar-refractivity contribution in [1.29, 1.82) is 0 Å². The molecule has 0 aliphatic carbocycles. The summed E-state index contributed by atoms with van der Waals surface area (Å²) in [4.78, 5) is 0. The van der Waals surface area contributed by atoms with Gasteiger partial charge in [-0.25, -0.2) is 22.0 Å². The molecule has 0 fully saturated rings. The second kappa shape index (κ2) is 6.94. The van der Waals surface area contributed by atoms with Crippen LogP contribution in [0.4, 0.5) is 30.7 Å². The van der Waals surface area contributed by atoms with Crippen LogP contribution in [0.3, 0.4) is 0 Å². The van der Waals surface area contributed by atoms with Gasteiger partial charge in [0.1, 0.15) is 40.4 Å². The molecule has 0 atom stereocenters. The maximum absolute atomic E-state index is 14.2. The molecule has 0 unspecified atom stereocenters. The second-order valence-corrected chi connectivity index (χ2v) is 5.51. The van der Waals surface area contributed by atoms with Gasteiger partial charge in [-0.1, -0.05) is 12.1 Å². The van der Waals surface area contributed by atoms with E-state index >= 15 is 0 Å². The van der Waals surface area contributed by atoms with Crippen LogP contribution in [0.15, 0.2) is 54.6 Å². The van der Waals surface area contributed by atoms with Crippen molar-refractivity contribution in [3.8, 4) is 16.9 Å². The molecule has 0 N–H and O–H groups in total. The zero-order chi connectivity index (χ0) is 19.8. The van der Waals surface area contributed by atoms with Crippen molar-refractivity contribution in [2.45, 2.75) is 6.11 Å². The summed E-state index contributed by atoms with van der Waals surface area (Å²) in [5.41, 5.74) is -1.54. The molecule has 8 heteroatoms. The third-order valence-electron chi connectivity index (χ3n) is 3.64. The van der Waals surface area contributed by atoms with Crippen molar-refractivity contribution in [3.05, 3.63) is 89.2 Å². The largest absolute Gasteiger partial charge is 0.432 e. The lowest BCUT2D eigenvalue weighted by molar-refractivity contribution is -0.189. The summed E-state index contributed by atoms with van der Waals surface area (Å²) in [6, 6.07) is 7.53. The van der Waals surface area contributed by atoms with Crippen LogP contribution in [0.2, 0.25) is 0 Å². The number of benzene rings is 3. The van der Waals surface area contributed by atoms with Crippen LogP contribution < -0.4 is 4.74 Å². The Morgan fingerprint density at radius 2 is 1.22 bits per heavy atom. The summed E-state index contributed by atoms with van der Waals surface area (Å²) < 4.78 is 99.6. The predicted molar refractivity (Wildman–Crippen MR) is 82.6 cm³/mol. The molecule has 0 aromatic heterocycles. The molecule has 0 saturated heterocycles. The number of hydrogen-bond donors (Lipinski definition) is 0. The minimum absolute atomic E-state index is 0.0233. The Balaban J connectivity index is 1.92. The number of rotatable bonds is 4. The lowest BCUT2D eigenvalue weighted by Crippen LogP contribution is -2.25. The fraction of sp³-hybridized carbons (Fsp3) is 0.0526. The molecule has 27 heavy (non-hydrogen) atoms. The van der Waals surface area contributed by atoms with Crippen LogP contribution in [0, 0.1) is 29.1 Å². The zero-order valence-corrected chi connectivity index (χ0v) is 13.3. The van der Waals surface area contributed by atoms with E-state index in [9.17, 15) is 30.7 Å². The van der Waals surface area contributed by atoms with Crippen molar-refractivity contribution < 1.29 is 35.5 Å². The molecule has 3 rings (SSSR count). The molecular weight excluding hydrogens is 377 g/mol. The molecule has 0 radical (unpaired) electrons. The summed E-state index contributed by atoms with van der Waals surface area (Å²) in [6.45, 7) is 0. The highest BCUT2D eigenvalue weighted by Crippen LogP contribution is 2.36. The average molecular weight is 386 g/mol. The number of ether oxygens (including phenoxy) is 1. The monoisotopic (exact) mass is 386 g/mol. The number of hydrogen-bond acceptors (Lipinski definition) is 1. The maximum atomic E-state index is 14.2. The van der Waals surface area contributed by atoms with E-state index in [1.54, 1.807) is 0 Å². The molecule has 0 spiro atoms. The van der Waals surface area contributed by atoms with Crippen molar-refractivity contribution >= 4 is 0 Å². The van der Waals surface area contributed by atoms with Crippen LogP contribution in [0.25, 0.3) is 11.1 Å². The van der Waals surface area contributed by atoms with Gasteiger partial charge < -0.3 is 4.74 Å². The van der Waals surface area contributed by atoms with Gasteiger partial charge in [0.15, 0.2) is 0 Å². The second-order valence-electron chi connectivity index (χ2n) is 5.51. The minimum Gasteiger partial charge on any atom is -0.429 e. The molecule has 0 aliphatic rings. The summed E-state index contributed by atoms with van der Waals surface area (Å²) >= 11 is 0. The Hall–Kier alpha value is -3.03. The van der Waals surface area contributed by atoms with Crippen LogP contribution in [-0.4, -0.2) is 0 Å². The molecule has 3 aromatic rings. The van der Waals surface area contributed by atoms with Crippen molar-refractivity contribution in [2.75, 3.05) is 0 Å². The maximum Gasteiger partial charge on any atom is 0.432 e. The van der Waals surface area contributed by atoms with Gasteiger partial charge in [0.2, 0.25) is 0 Å². The first-order valence-electron chi connectivity index (χ1n) is 7.45. The van der Waals surface area contributed by atoms with E-state index in [0.29, 0.717) is 6.07 Å². The average Bonchev–Trinajstić information content (AvgIpc) is 2.54. The summed E-state index contributed by atoms with van der Waals surface area (Å²) in [5.74, 6) is -7.30. The van der Waals surface area contributed by atoms with Crippen molar-refractivity contribution in [2.24, 2.45) is 0 Å². The SMILES string of the molecule is Fc1ccc(-c2ccc(OC(F)(F)c3c(F)cc(F)cc3F)cc2F)cc1. The van der Waals surface area contributed by atoms with E-state index in [-0.39, 0.29) is 23.3 Å². The van der Waals surface area contributed by atoms with E-state index in [0.717, 1.165) is 24.3 Å². The van der Waals surface area contributed by atoms with Crippen LogP contribution in [-0.2, 0) is 6.11 Å². The summed E-state index contributed by atoms with van der Waals surface area (Å²) in [6.07, 6.45) is -4.52. The highest BCUT2D eigenvalue weighted by molar-refractivity contribution is 5.64. The van der Waals surface area contributed by atoms with Gasteiger partial charge >= 0.3 is 6.11 Å². The van der Waals surface area contributed by atoms with Gasteiger partial charge in [-0.2, -0.15) is 8.78 Å². The molecule has 140 valence electrons. The molecule has 0 saturated carbocycles. The van der Waals surface area contributed by atoms with Crippen LogP contribution in [0.1, 0.15) is 5.56 Å². The van der Waals surface area contributed by atoms with Gasteiger partial charge in [0, 0.05) is 23.8 Å². The van der Waals surface area contributed by atoms with E-state index in [2.05, 4.69) is 4.74 Å². The molecule has 0 aliphatic heterocycles. The normalized spacial score (nSPS) is 11.5. The third-order valence-corrected chi connectivity index (χ3v) is 3.64. The van der Waals surface area contributed by atoms with E-state index < -0.39 is 46.5 Å². The Kier molecular flexibility index (Phi) is 4.82. The summed E-state index contributed by atoms with van der Waals surface area (Å²) in [5, 5.41) is 0. The molecule has 0 heterocycles. The first kappa shape index (κ1) is 18.8. The van der Waals surface area contributed by atoms with E-state index in [1.165, 1.54) is 12.1 Å². The fourth-order valence-electron chi connectivity index (χ4n) is 2.44. The van der Waals surface area contributed by atoms with Crippen molar-refractivity contribution in [1.82, 2.24) is 0 Å². The smallest absolute Gasteiger partial charge is 0.429 e. The zero-order valence-electron chi connectivity index (χ0n) is 13.3. The van der Waals surface area contributed by atoms with E-state index in [1.807, 2.05) is 0 Å². The molecule has 3 aromatic carbocycles. The highest BCUT2D eigenvalue weighted by Gasteiger charge is 2.41. The van der Waals surface area contributed by atoms with E-state index in [4.69, 9.17) is 0 Å². The molecule has 1 nitrogen and oxygen atoms in total. The predicted octanol–water partition coefficient (Wildman–Crippen LogP) is 6.18. The standard InChI is InChI=1S/C19H9F7O/c20-11-3-1-10(2-4-11)14-6-5-13(9-15(14)22)27-19(25,26)18-16(23)7-12(21)8-17(18)24/h1-9H. The lowest BCUT2D eigenvalue weighted by atomic mass is 10.0. The fourth-order valence-corrected chi connectivity index (χ4v) is 2.44. The topological polar surface area (TPSA) is 9.23 Å². The van der Waals surface area contributed by atoms with Crippen LogP contribution in [0.5, 0.6) is 5.75 Å². The Morgan fingerprint density at radius 1 is 0.630 bits per heavy atom. The van der Waals surface area contributed by atoms with Gasteiger partial charge in [0.25, 0.3) is 0 Å². The van der Waals surface area contributed by atoms with Gasteiger partial charge in [-0.05, 0) is 29.8 Å². The first-order chi connectivity index (χ1) is 12.7. The molecular formula is C19H9F7O. The minimum atomic E-state index is -4.52. The van der Waals surface area contributed by atoms with Gasteiger partial charge in [-0.3, -0.25) is 0 Å². The van der Waals surface area contributed by atoms with Gasteiger partial charge in [-0.15, -0.1) is 0 Å². The first-order valence-corrected chi connectivity index (χ1v) is 7.45. The summed E-state index contributed by atoms with van der Waals surface area (Å²) in [7, 11) is 0. The Bertz CT molecular complexity index is 961. The van der Waals surface area contributed by atoms with Gasteiger partial charge in [0.05, 0.1) is 0 Å². The van der Waals surface area contributed by atoms with Crippen LogP contribution >= 0.6 is 0 Å². The molecule has 0 amide bonds. The Morgan fingerprint density at radius 3 is 1.78 bits per heavy atom. The Labute approximate surface area is 148 Å². The quantitative estimate of drug-likeness (QED) is 0.487. The number of alkyl halides is 2. The highest BCUT2D eigenvalue weighted by atomic mass is 19.3. The van der Waals surface area contributed by atoms with Crippen molar-refractivity contribution in [3.63, 3.8) is 0 Å².